The second-order valence-corrected chi connectivity index (χ2v) is 19.6. The number of ether oxygens (including phenoxy) is 1. The summed E-state index contributed by atoms with van der Waals surface area (Å²) in [4.78, 5) is 0.355. The molecule has 3 aromatic rings. The Morgan fingerprint density at radius 1 is 1.03 bits per heavy atom. The molecule has 0 unspecified atom stereocenters. The number of benzene rings is 2. The van der Waals surface area contributed by atoms with E-state index < -0.39 is 18.3 Å². The van der Waals surface area contributed by atoms with E-state index in [1.54, 1.807) is 12.1 Å². The SMILES string of the molecule is Cc1ccc(S(=O)(=O)N2[C@H]3CC4=C[C@@H](O[Si](C)(C)C(C)(C)C)OC[C@H]4[C@@H]2Cc2c3n(C)c3ccccc23)cc1. The number of para-hydroxylation sites is 1. The standard InChI is InChI=1S/C31H40N2O4SSi/c1-20-12-14-22(15-13-20)38(34,35)33-27-18-24-23-10-8-9-11-26(23)32(5)30(24)28(33)16-21-17-29(36-19-25(21)27)37-39(6,7)31(2,3)4/h8-15,17,25,27-29H,16,18-19H2,1-7H3/t25-,27+,28+,29-/m1/s1. The molecule has 0 saturated carbocycles. The Morgan fingerprint density at radius 2 is 1.72 bits per heavy atom. The average molecular weight is 565 g/mol. The van der Waals surface area contributed by atoms with Crippen LogP contribution in [-0.2, 0) is 32.7 Å². The Labute approximate surface area is 233 Å². The first kappa shape index (κ1) is 27.0. The van der Waals surface area contributed by atoms with Crippen LogP contribution < -0.4 is 0 Å². The van der Waals surface area contributed by atoms with Gasteiger partial charge in [-0.3, -0.25) is 0 Å². The third-order valence-corrected chi connectivity index (χ3v) is 16.0. The number of aromatic nitrogens is 1. The van der Waals surface area contributed by atoms with Gasteiger partial charge in [0, 0.05) is 35.6 Å². The molecule has 3 aliphatic rings. The van der Waals surface area contributed by atoms with Gasteiger partial charge in [0.2, 0.25) is 10.0 Å². The van der Waals surface area contributed by atoms with Gasteiger partial charge in [0.1, 0.15) is 0 Å². The van der Waals surface area contributed by atoms with E-state index in [2.05, 4.69) is 75.8 Å². The normalized spacial score (nSPS) is 25.8. The number of hydrogen-bond acceptors (Lipinski definition) is 4. The topological polar surface area (TPSA) is 60.8 Å². The molecule has 6 rings (SSSR count). The molecule has 39 heavy (non-hydrogen) atoms. The van der Waals surface area contributed by atoms with Crippen molar-refractivity contribution < 1.29 is 17.6 Å². The summed E-state index contributed by atoms with van der Waals surface area (Å²) < 4.78 is 45.7. The van der Waals surface area contributed by atoms with E-state index in [9.17, 15) is 8.42 Å². The Kier molecular flexibility index (Phi) is 6.32. The molecule has 6 nitrogen and oxygen atoms in total. The predicted molar refractivity (Wildman–Crippen MR) is 158 cm³/mol. The molecule has 1 fully saturated rings. The van der Waals surface area contributed by atoms with Crippen molar-refractivity contribution in [2.45, 2.75) is 81.9 Å². The van der Waals surface area contributed by atoms with Crippen LogP contribution in [0.3, 0.4) is 0 Å². The highest BCUT2D eigenvalue weighted by Crippen LogP contribution is 2.52. The fourth-order valence-electron chi connectivity index (χ4n) is 6.45. The molecule has 0 radical (unpaired) electrons. The van der Waals surface area contributed by atoms with E-state index in [0.717, 1.165) is 16.8 Å². The van der Waals surface area contributed by atoms with Gasteiger partial charge >= 0.3 is 0 Å². The van der Waals surface area contributed by atoms with Crippen LogP contribution in [0.15, 0.2) is 65.1 Å². The Morgan fingerprint density at radius 3 is 2.41 bits per heavy atom. The Hall–Kier alpha value is -2.23. The van der Waals surface area contributed by atoms with Crippen molar-refractivity contribution in [2.24, 2.45) is 13.0 Å². The van der Waals surface area contributed by atoms with Crippen LogP contribution in [0.1, 0.15) is 50.1 Å². The maximum atomic E-state index is 14.3. The van der Waals surface area contributed by atoms with Crippen LogP contribution >= 0.6 is 0 Å². The lowest BCUT2D eigenvalue weighted by molar-refractivity contribution is -0.0878. The summed E-state index contributed by atoms with van der Waals surface area (Å²) in [5.41, 5.74) is 5.84. The molecule has 8 heteroatoms. The van der Waals surface area contributed by atoms with E-state index in [0.29, 0.717) is 24.3 Å². The molecule has 0 amide bonds. The first-order valence-electron chi connectivity index (χ1n) is 14.0. The van der Waals surface area contributed by atoms with Crippen LogP contribution in [-0.4, -0.2) is 44.5 Å². The van der Waals surface area contributed by atoms with Crippen molar-refractivity contribution in [3.63, 3.8) is 0 Å². The van der Waals surface area contributed by atoms with E-state index in [-0.39, 0.29) is 29.3 Å². The molecular weight excluding hydrogens is 525 g/mol. The summed E-state index contributed by atoms with van der Waals surface area (Å²) in [6.45, 7) is 13.6. The number of rotatable bonds is 4. The molecule has 208 valence electrons. The fraction of sp³-hybridized carbons (Fsp3) is 0.484. The van der Waals surface area contributed by atoms with Gasteiger partial charge in [-0.2, -0.15) is 4.31 Å². The second-order valence-electron chi connectivity index (χ2n) is 13.0. The summed E-state index contributed by atoms with van der Waals surface area (Å²) in [6, 6.07) is 15.2. The number of piperidine rings is 1. The van der Waals surface area contributed by atoms with Gasteiger partial charge in [-0.1, -0.05) is 62.2 Å². The average Bonchev–Trinajstić information content (AvgIpc) is 3.15. The molecule has 4 heterocycles. The highest BCUT2D eigenvalue weighted by molar-refractivity contribution is 7.89. The first-order chi connectivity index (χ1) is 18.3. The molecular formula is C31H40N2O4SSi. The number of sulfonamides is 1. The van der Waals surface area contributed by atoms with Gasteiger partial charge < -0.3 is 13.7 Å². The van der Waals surface area contributed by atoms with E-state index in [1.807, 2.05) is 23.4 Å². The monoisotopic (exact) mass is 564 g/mol. The van der Waals surface area contributed by atoms with Gasteiger partial charge in [-0.05, 0) is 67.7 Å². The van der Waals surface area contributed by atoms with Crippen molar-refractivity contribution in [3.05, 3.63) is 77.0 Å². The zero-order chi connectivity index (χ0) is 27.9. The van der Waals surface area contributed by atoms with E-state index in [4.69, 9.17) is 9.16 Å². The maximum Gasteiger partial charge on any atom is 0.243 e. The van der Waals surface area contributed by atoms with E-state index >= 15 is 0 Å². The highest BCUT2D eigenvalue weighted by atomic mass is 32.2. The van der Waals surface area contributed by atoms with Gasteiger partial charge in [-0.15, -0.1) is 0 Å². The summed E-state index contributed by atoms with van der Waals surface area (Å²) in [5, 5.41) is 1.30. The smallest absolute Gasteiger partial charge is 0.243 e. The third kappa shape index (κ3) is 4.27. The lowest BCUT2D eigenvalue weighted by Gasteiger charge is -2.51. The zero-order valence-corrected chi connectivity index (χ0v) is 25.9. The quantitative estimate of drug-likeness (QED) is 0.269. The predicted octanol–water partition coefficient (Wildman–Crippen LogP) is 6.47. The van der Waals surface area contributed by atoms with Crippen molar-refractivity contribution >= 4 is 29.2 Å². The number of hydrogen-bond donors (Lipinski definition) is 0. The van der Waals surface area contributed by atoms with Crippen molar-refractivity contribution in [1.82, 2.24) is 8.87 Å². The van der Waals surface area contributed by atoms with Gasteiger partial charge in [0.25, 0.3) is 0 Å². The Bertz CT molecular complexity index is 1570. The molecule has 3 aliphatic heterocycles. The molecule has 2 aromatic carbocycles. The number of fused-ring (bicyclic) bond motifs is 8. The minimum absolute atomic E-state index is 0.00661. The third-order valence-electron chi connectivity index (χ3n) is 9.60. The maximum absolute atomic E-state index is 14.3. The molecule has 0 spiro atoms. The zero-order valence-electron chi connectivity index (χ0n) is 24.1. The van der Waals surface area contributed by atoms with Crippen LogP contribution in [0, 0.1) is 12.8 Å². The first-order valence-corrected chi connectivity index (χ1v) is 18.3. The number of nitrogens with zero attached hydrogens (tertiary/aromatic N) is 2. The summed E-state index contributed by atoms with van der Waals surface area (Å²) in [5.74, 6) is -0.00661. The minimum Gasteiger partial charge on any atom is -0.389 e. The minimum atomic E-state index is -3.73. The second kappa shape index (κ2) is 9.14. The highest BCUT2D eigenvalue weighted by Gasteiger charge is 2.53. The summed E-state index contributed by atoms with van der Waals surface area (Å²) >= 11 is 0. The Balaban J connectivity index is 1.47. The van der Waals surface area contributed by atoms with Crippen LogP contribution in [0.4, 0.5) is 0 Å². The van der Waals surface area contributed by atoms with E-state index in [1.165, 1.54) is 16.5 Å². The number of aryl methyl sites for hydroxylation is 2. The van der Waals surface area contributed by atoms with Crippen molar-refractivity contribution in [2.75, 3.05) is 6.61 Å². The van der Waals surface area contributed by atoms with Gasteiger partial charge in [0.15, 0.2) is 14.6 Å². The fourth-order valence-corrected chi connectivity index (χ4v) is 9.33. The molecule has 2 bridgehead atoms. The molecule has 0 N–H and O–H groups in total. The lowest BCUT2D eigenvalue weighted by Crippen LogP contribution is -2.57. The molecule has 0 aliphatic carbocycles. The molecule has 1 aromatic heterocycles. The summed E-state index contributed by atoms with van der Waals surface area (Å²) in [7, 11) is -3.70. The van der Waals surface area contributed by atoms with Gasteiger partial charge in [0.05, 0.1) is 17.5 Å². The molecule has 1 saturated heterocycles. The summed E-state index contributed by atoms with van der Waals surface area (Å²) in [6.07, 6.45) is 3.09. The molecule has 4 atom stereocenters. The van der Waals surface area contributed by atoms with Gasteiger partial charge in [-0.25, -0.2) is 8.42 Å². The van der Waals surface area contributed by atoms with Crippen molar-refractivity contribution in [1.29, 1.82) is 0 Å². The largest absolute Gasteiger partial charge is 0.389 e. The van der Waals surface area contributed by atoms with Crippen molar-refractivity contribution in [3.8, 4) is 0 Å². The van der Waals surface area contributed by atoms with Crippen LogP contribution in [0.5, 0.6) is 0 Å². The van der Waals surface area contributed by atoms with Crippen LogP contribution in [0.25, 0.3) is 10.9 Å². The van der Waals surface area contributed by atoms with Crippen LogP contribution in [0.2, 0.25) is 18.1 Å². The lowest BCUT2D eigenvalue weighted by atomic mass is 9.74.